The fourth-order valence-corrected chi connectivity index (χ4v) is 3.29. The molecule has 132 valence electrons. The van der Waals surface area contributed by atoms with Gasteiger partial charge in [0.05, 0.1) is 5.69 Å². The maximum absolute atomic E-state index is 14.5. The van der Waals surface area contributed by atoms with Crippen molar-refractivity contribution < 1.29 is 9.13 Å². The van der Waals surface area contributed by atoms with E-state index >= 15 is 0 Å². The van der Waals surface area contributed by atoms with E-state index in [1.807, 2.05) is 18.3 Å². The predicted octanol–water partition coefficient (Wildman–Crippen LogP) is 3.66. The molecule has 0 spiro atoms. The van der Waals surface area contributed by atoms with E-state index in [2.05, 4.69) is 5.32 Å². The number of halogens is 1. The Kier molecular flexibility index (Phi) is 4.57. The van der Waals surface area contributed by atoms with Crippen molar-refractivity contribution >= 4 is 5.69 Å². The summed E-state index contributed by atoms with van der Waals surface area (Å²) >= 11 is 0. The first-order chi connectivity index (χ1) is 12.2. The van der Waals surface area contributed by atoms with Crippen molar-refractivity contribution in [2.75, 3.05) is 18.5 Å². The van der Waals surface area contributed by atoms with Gasteiger partial charge in [0, 0.05) is 38.1 Å². The molecule has 1 saturated carbocycles. The number of ether oxygens (including phenoxy) is 1. The second kappa shape index (κ2) is 7.00. The molecule has 1 aromatic carbocycles. The van der Waals surface area contributed by atoms with E-state index in [1.165, 1.54) is 18.9 Å². The van der Waals surface area contributed by atoms with Crippen molar-refractivity contribution in [2.24, 2.45) is 5.92 Å². The normalized spacial score (nSPS) is 18.3. The van der Waals surface area contributed by atoms with Crippen molar-refractivity contribution in [3.63, 3.8) is 0 Å². The van der Waals surface area contributed by atoms with Crippen LogP contribution in [0.3, 0.4) is 0 Å². The van der Waals surface area contributed by atoms with Gasteiger partial charge >= 0.3 is 0 Å². The van der Waals surface area contributed by atoms with E-state index in [9.17, 15) is 9.18 Å². The predicted molar refractivity (Wildman–Crippen MR) is 96.3 cm³/mol. The summed E-state index contributed by atoms with van der Waals surface area (Å²) in [4.78, 5) is 12.2. The van der Waals surface area contributed by atoms with Crippen LogP contribution in [0.15, 0.2) is 41.3 Å². The van der Waals surface area contributed by atoms with Crippen LogP contribution in [0.4, 0.5) is 10.1 Å². The van der Waals surface area contributed by atoms with Crippen LogP contribution < -0.4 is 10.9 Å². The van der Waals surface area contributed by atoms with Gasteiger partial charge in [0.25, 0.3) is 5.56 Å². The van der Waals surface area contributed by atoms with Crippen molar-refractivity contribution in [3.05, 3.63) is 52.7 Å². The van der Waals surface area contributed by atoms with Gasteiger partial charge < -0.3 is 14.6 Å². The van der Waals surface area contributed by atoms with Crippen LogP contribution in [0.1, 0.15) is 25.7 Å². The molecule has 4 nitrogen and oxygen atoms in total. The van der Waals surface area contributed by atoms with Crippen molar-refractivity contribution in [2.45, 2.75) is 38.3 Å². The number of hydrogen-bond acceptors (Lipinski definition) is 3. The van der Waals surface area contributed by atoms with E-state index in [1.54, 1.807) is 16.7 Å². The Morgan fingerprint density at radius 3 is 2.52 bits per heavy atom. The Morgan fingerprint density at radius 2 is 1.84 bits per heavy atom. The molecule has 1 aromatic heterocycles. The van der Waals surface area contributed by atoms with E-state index in [0.29, 0.717) is 24.8 Å². The summed E-state index contributed by atoms with van der Waals surface area (Å²) in [5.41, 5.74) is 1.98. The lowest BCUT2D eigenvalue weighted by Crippen LogP contribution is -2.28. The minimum absolute atomic E-state index is 0.0192. The smallest absolute Gasteiger partial charge is 0.251 e. The first kappa shape index (κ1) is 16.3. The molecule has 1 saturated heterocycles. The quantitative estimate of drug-likeness (QED) is 0.902. The van der Waals surface area contributed by atoms with Crippen molar-refractivity contribution in [1.29, 1.82) is 0 Å². The van der Waals surface area contributed by atoms with Gasteiger partial charge in [-0.25, -0.2) is 4.39 Å². The molecule has 5 heteroatoms. The summed E-state index contributed by atoms with van der Waals surface area (Å²) in [6, 6.07) is 8.87. The zero-order chi connectivity index (χ0) is 17.2. The van der Waals surface area contributed by atoms with Gasteiger partial charge in [-0.15, -0.1) is 0 Å². The van der Waals surface area contributed by atoms with Gasteiger partial charge in [-0.2, -0.15) is 0 Å². The monoisotopic (exact) mass is 342 g/mol. The zero-order valence-corrected chi connectivity index (χ0v) is 14.2. The topological polar surface area (TPSA) is 43.3 Å². The van der Waals surface area contributed by atoms with Gasteiger partial charge in [0.2, 0.25) is 0 Å². The number of rotatable bonds is 5. The largest absolute Gasteiger partial charge is 0.381 e. The highest BCUT2D eigenvalue weighted by Gasteiger charge is 2.22. The summed E-state index contributed by atoms with van der Waals surface area (Å²) in [5.74, 6) is 0.364. The van der Waals surface area contributed by atoms with E-state index in [4.69, 9.17) is 4.74 Å². The van der Waals surface area contributed by atoms with Crippen molar-refractivity contribution in [3.8, 4) is 11.1 Å². The Labute approximate surface area is 146 Å². The van der Waals surface area contributed by atoms with Crippen LogP contribution in [0, 0.1) is 11.7 Å². The third-order valence-electron chi connectivity index (χ3n) is 5.03. The van der Waals surface area contributed by atoms with Crippen LogP contribution >= 0.6 is 0 Å². The Bertz CT molecular complexity index is 808. The number of benzene rings is 1. The third-order valence-corrected chi connectivity index (χ3v) is 5.03. The molecule has 2 aromatic rings. The number of anilines is 1. The second-order valence-electron chi connectivity index (χ2n) is 7.08. The molecular formula is C20H23FN2O2. The molecule has 2 aliphatic rings. The molecule has 1 aliphatic heterocycles. The number of hydrogen-bond donors (Lipinski definition) is 1. The molecule has 0 atom stereocenters. The zero-order valence-electron chi connectivity index (χ0n) is 14.2. The van der Waals surface area contributed by atoms with Gasteiger partial charge in [-0.05, 0) is 60.9 Å². The molecule has 1 aliphatic carbocycles. The average molecular weight is 342 g/mol. The van der Waals surface area contributed by atoms with Gasteiger partial charge in [-0.3, -0.25) is 4.79 Å². The molecule has 2 heterocycles. The van der Waals surface area contributed by atoms with Crippen LogP contribution in [-0.4, -0.2) is 23.8 Å². The molecule has 0 radical (unpaired) electrons. The highest BCUT2D eigenvalue weighted by molar-refractivity contribution is 5.66. The standard InChI is InChI=1S/C20H23FN2O2/c21-18-11-15(3-4-19(18)22-17-6-9-25-10-7-17)16-5-8-23(20(24)12-16)13-14-1-2-14/h3-5,8,11-12,14,17,22H,1-2,6-7,9-10,13H2. The fraction of sp³-hybridized carbons (Fsp3) is 0.450. The van der Waals surface area contributed by atoms with Crippen molar-refractivity contribution in [1.82, 2.24) is 4.57 Å². The van der Waals surface area contributed by atoms with Crippen LogP contribution in [0.5, 0.6) is 0 Å². The van der Waals surface area contributed by atoms with Crippen LogP contribution in [0.2, 0.25) is 0 Å². The molecular weight excluding hydrogens is 319 g/mol. The Hall–Kier alpha value is -2.14. The number of aromatic nitrogens is 1. The van der Waals surface area contributed by atoms with E-state index in [0.717, 1.165) is 30.5 Å². The molecule has 4 rings (SSSR count). The first-order valence-electron chi connectivity index (χ1n) is 9.04. The molecule has 25 heavy (non-hydrogen) atoms. The molecule has 0 amide bonds. The van der Waals surface area contributed by atoms with E-state index < -0.39 is 0 Å². The SMILES string of the molecule is O=c1cc(-c2ccc(NC3CCOCC3)c(F)c2)ccn1CC1CC1. The van der Waals surface area contributed by atoms with Gasteiger partial charge in [-0.1, -0.05) is 6.07 Å². The number of nitrogens with zero attached hydrogens (tertiary/aromatic N) is 1. The molecule has 0 bridgehead atoms. The lowest BCUT2D eigenvalue weighted by atomic mass is 10.0. The first-order valence-corrected chi connectivity index (χ1v) is 9.04. The maximum atomic E-state index is 14.5. The summed E-state index contributed by atoms with van der Waals surface area (Å²) < 4.78 is 21.6. The third kappa shape index (κ3) is 3.93. The minimum Gasteiger partial charge on any atom is -0.381 e. The minimum atomic E-state index is -0.286. The summed E-state index contributed by atoms with van der Waals surface area (Å²) in [6.07, 6.45) is 6.02. The van der Waals surface area contributed by atoms with Crippen LogP contribution in [-0.2, 0) is 11.3 Å². The van der Waals surface area contributed by atoms with Gasteiger partial charge in [0.15, 0.2) is 0 Å². The molecule has 2 fully saturated rings. The second-order valence-corrected chi connectivity index (χ2v) is 7.08. The lowest BCUT2D eigenvalue weighted by Gasteiger charge is -2.24. The lowest BCUT2D eigenvalue weighted by molar-refractivity contribution is 0.0904. The van der Waals surface area contributed by atoms with Crippen LogP contribution in [0.25, 0.3) is 11.1 Å². The maximum Gasteiger partial charge on any atom is 0.251 e. The Morgan fingerprint density at radius 1 is 1.08 bits per heavy atom. The number of nitrogens with one attached hydrogen (secondary N) is 1. The Balaban J connectivity index is 1.51. The highest BCUT2D eigenvalue weighted by Crippen LogP contribution is 2.30. The number of pyridine rings is 1. The summed E-state index contributed by atoms with van der Waals surface area (Å²) in [6.45, 7) is 2.23. The average Bonchev–Trinajstić information content (AvgIpc) is 3.43. The molecule has 1 N–H and O–H groups in total. The summed E-state index contributed by atoms with van der Waals surface area (Å²) in [7, 11) is 0. The highest BCUT2D eigenvalue weighted by atomic mass is 19.1. The fourth-order valence-electron chi connectivity index (χ4n) is 3.29. The van der Waals surface area contributed by atoms with E-state index in [-0.39, 0.29) is 17.4 Å². The summed E-state index contributed by atoms with van der Waals surface area (Å²) in [5, 5.41) is 3.26. The molecule has 0 unspecified atom stereocenters. The van der Waals surface area contributed by atoms with Gasteiger partial charge in [0.1, 0.15) is 5.82 Å².